The first kappa shape index (κ1) is 17.3. The van der Waals surface area contributed by atoms with Gasteiger partial charge in [0.15, 0.2) is 0 Å². The molecular weight excluding hydrogens is 362 g/mol. The summed E-state index contributed by atoms with van der Waals surface area (Å²) < 4.78 is 52.8. The van der Waals surface area contributed by atoms with Crippen LogP contribution in [0.1, 0.15) is 16.1 Å². The number of hydrogen-bond acceptors (Lipinski definition) is 2. The van der Waals surface area contributed by atoms with Crippen molar-refractivity contribution in [3.63, 3.8) is 0 Å². The third kappa shape index (κ3) is 3.18. The number of alkyl halides is 3. The molecule has 4 rings (SSSR count). The molecule has 2 N–H and O–H groups in total. The van der Waals surface area contributed by atoms with Crippen molar-refractivity contribution in [1.82, 2.24) is 15.3 Å². The Morgan fingerprint density at radius 3 is 2.59 bits per heavy atom. The molecule has 1 amide bonds. The van der Waals surface area contributed by atoms with Gasteiger partial charge >= 0.3 is 6.18 Å². The van der Waals surface area contributed by atoms with Crippen LogP contribution in [0.15, 0.2) is 48.7 Å². The van der Waals surface area contributed by atoms with Crippen LogP contribution in [-0.2, 0) is 6.42 Å². The third-order valence-electron chi connectivity index (χ3n) is 4.47. The smallest absolute Gasteiger partial charge is 0.358 e. The fourth-order valence-electron chi connectivity index (χ4n) is 3.12. The Labute approximate surface area is 151 Å². The van der Waals surface area contributed by atoms with E-state index in [1.54, 1.807) is 30.3 Å². The summed E-state index contributed by atoms with van der Waals surface area (Å²) in [4.78, 5) is 19.1. The predicted octanol–water partition coefficient (Wildman–Crippen LogP) is 4.10. The number of rotatable bonds is 2. The van der Waals surface area contributed by atoms with Gasteiger partial charge in [0.05, 0.1) is 11.3 Å². The van der Waals surface area contributed by atoms with Crippen LogP contribution < -0.4 is 5.32 Å². The number of aromatic amines is 1. The van der Waals surface area contributed by atoms with E-state index in [1.165, 1.54) is 18.3 Å². The largest absolute Gasteiger partial charge is 0.409 e. The van der Waals surface area contributed by atoms with Gasteiger partial charge in [-0.15, -0.1) is 0 Å². The molecule has 0 bridgehead atoms. The molecule has 4 nitrogen and oxygen atoms in total. The SMILES string of the molecule is O=C1NC(C(F)(F)F)Cc2[nH]c(-c3ccnc(-c4ccccc4F)c3)cc21. The minimum absolute atomic E-state index is 0.176. The van der Waals surface area contributed by atoms with Crippen molar-refractivity contribution in [2.45, 2.75) is 18.6 Å². The Balaban J connectivity index is 1.72. The van der Waals surface area contributed by atoms with Gasteiger partial charge in [-0.3, -0.25) is 9.78 Å². The van der Waals surface area contributed by atoms with E-state index in [-0.39, 0.29) is 17.7 Å². The van der Waals surface area contributed by atoms with Gasteiger partial charge in [0.2, 0.25) is 0 Å². The lowest BCUT2D eigenvalue weighted by atomic mass is 10.0. The van der Waals surface area contributed by atoms with E-state index in [0.717, 1.165) is 0 Å². The second kappa shape index (κ2) is 6.22. The molecule has 0 fully saturated rings. The lowest BCUT2D eigenvalue weighted by Crippen LogP contribution is -2.49. The van der Waals surface area contributed by atoms with E-state index >= 15 is 0 Å². The number of aromatic nitrogens is 2. The minimum atomic E-state index is -4.52. The number of pyridine rings is 1. The normalized spacial score (nSPS) is 16.7. The molecule has 1 unspecified atom stereocenters. The van der Waals surface area contributed by atoms with E-state index in [4.69, 9.17) is 0 Å². The van der Waals surface area contributed by atoms with Crippen molar-refractivity contribution in [3.05, 3.63) is 65.7 Å². The van der Waals surface area contributed by atoms with Gasteiger partial charge < -0.3 is 10.3 Å². The van der Waals surface area contributed by atoms with Crippen LogP contribution in [0, 0.1) is 5.82 Å². The van der Waals surface area contributed by atoms with E-state index in [1.807, 2.05) is 5.32 Å². The second-order valence-corrected chi connectivity index (χ2v) is 6.26. The summed E-state index contributed by atoms with van der Waals surface area (Å²) in [5.41, 5.74) is 2.16. The highest BCUT2D eigenvalue weighted by Gasteiger charge is 2.44. The molecule has 0 radical (unpaired) electrons. The van der Waals surface area contributed by atoms with Crippen LogP contribution in [0.2, 0.25) is 0 Å². The van der Waals surface area contributed by atoms with Gasteiger partial charge in [-0.25, -0.2) is 4.39 Å². The van der Waals surface area contributed by atoms with Crippen molar-refractivity contribution < 1.29 is 22.4 Å². The van der Waals surface area contributed by atoms with E-state index in [9.17, 15) is 22.4 Å². The maximum Gasteiger partial charge on any atom is 0.409 e. The lowest BCUT2D eigenvalue weighted by Gasteiger charge is -2.25. The molecule has 138 valence electrons. The molecule has 0 saturated heterocycles. The van der Waals surface area contributed by atoms with Crippen molar-refractivity contribution >= 4 is 5.91 Å². The number of hydrogen-bond donors (Lipinski definition) is 2. The van der Waals surface area contributed by atoms with Crippen LogP contribution in [0.5, 0.6) is 0 Å². The number of halogens is 4. The van der Waals surface area contributed by atoms with Crippen molar-refractivity contribution in [2.24, 2.45) is 0 Å². The molecule has 2 aromatic heterocycles. The summed E-state index contributed by atoms with van der Waals surface area (Å²) in [7, 11) is 0. The Kier molecular flexibility index (Phi) is 3.98. The van der Waals surface area contributed by atoms with Crippen LogP contribution in [0.3, 0.4) is 0 Å². The Hall–Kier alpha value is -3.16. The highest BCUT2D eigenvalue weighted by Crippen LogP contribution is 2.31. The molecule has 1 aliphatic rings. The summed E-state index contributed by atoms with van der Waals surface area (Å²) >= 11 is 0. The summed E-state index contributed by atoms with van der Waals surface area (Å²) in [5, 5.41) is 1.98. The lowest BCUT2D eigenvalue weighted by molar-refractivity contribution is -0.153. The molecule has 1 aliphatic heterocycles. The standard InChI is InChI=1S/C19H13F4N3O/c20-13-4-2-1-3-11(13)15-7-10(5-6-24-15)14-8-12-16(25-14)9-17(19(21,22)23)26-18(12)27/h1-8,17,25H,9H2,(H,26,27). The minimum Gasteiger partial charge on any atom is -0.358 e. The average molecular weight is 375 g/mol. The highest BCUT2D eigenvalue weighted by atomic mass is 19.4. The number of nitrogens with one attached hydrogen (secondary N) is 2. The molecule has 3 aromatic rings. The van der Waals surface area contributed by atoms with Gasteiger partial charge in [0, 0.05) is 35.1 Å². The Morgan fingerprint density at radius 2 is 1.85 bits per heavy atom. The zero-order chi connectivity index (χ0) is 19.2. The number of carbonyl (C=O) groups is 1. The number of amides is 1. The molecule has 1 atom stereocenters. The van der Waals surface area contributed by atoms with Crippen LogP contribution in [0.4, 0.5) is 17.6 Å². The summed E-state index contributed by atoms with van der Waals surface area (Å²) in [6.45, 7) is 0. The topological polar surface area (TPSA) is 57.8 Å². The molecule has 8 heteroatoms. The molecule has 27 heavy (non-hydrogen) atoms. The first-order valence-electron chi connectivity index (χ1n) is 8.14. The van der Waals surface area contributed by atoms with Gasteiger partial charge in [-0.1, -0.05) is 12.1 Å². The maximum atomic E-state index is 14.0. The van der Waals surface area contributed by atoms with Crippen molar-refractivity contribution in [1.29, 1.82) is 0 Å². The van der Waals surface area contributed by atoms with Crippen molar-refractivity contribution in [2.75, 3.05) is 0 Å². The van der Waals surface area contributed by atoms with Gasteiger partial charge in [0.1, 0.15) is 11.9 Å². The number of carbonyl (C=O) groups excluding carboxylic acids is 1. The van der Waals surface area contributed by atoms with E-state index in [2.05, 4.69) is 9.97 Å². The monoisotopic (exact) mass is 375 g/mol. The molecule has 0 spiro atoms. The third-order valence-corrected chi connectivity index (χ3v) is 4.47. The first-order valence-corrected chi connectivity index (χ1v) is 8.14. The molecule has 0 aliphatic carbocycles. The summed E-state index contributed by atoms with van der Waals surface area (Å²) in [6, 6.07) is 8.99. The fraction of sp³-hybridized carbons (Fsp3) is 0.158. The number of fused-ring (bicyclic) bond motifs is 1. The summed E-state index contributed by atoms with van der Waals surface area (Å²) in [5.74, 6) is -1.20. The maximum absolute atomic E-state index is 14.0. The second-order valence-electron chi connectivity index (χ2n) is 6.26. The Bertz CT molecular complexity index is 1030. The van der Waals surface area contributed by atoms with Crippen molar-refractivity contribution in [3.8, 4) is 22.5 Å². The highest BCUT2D eigenvalue weighted by molar-refractivity contribution is 5.98. The zero-order valence-electron chi connectivity index (χ0n) is 13.8. The fourth-order valence-corrected chi connectivity index (χ4v) is 3.12. The van der Waals surface area contributed by atoms with Crippen LogP contribution >= 0.6 is 0 Å². The van der Waals surface area contributed by atoms with E-state index in [0.29, 0.717) is 22.5 Å². The Morgan fingerprint density at radius 1 is 1.07 bits per heavy atom. The summed E-state index contributed by atoms with van der Waals surface area (Å²) in [6.07, 6.45) is -3.40. The molecular formula is C19H13F4N3O. The van der Waals surface area contributed by atoms with Gasteiger partial charge in [0.25, 0.3) is 5.91 Å². The van der Waals surface area contributed by atoms with Gasteiger partial charge in [-0.2, -0.15) is 13.2 Å². The predicted molar refractivity (Wildman–Crippen MR) is 90.4 cm³/mol. The molecule has 3 heterocycles. The van der Waals surface area contributed by atoms with Crippen LogP contribution in [-0.4, -0.2) is 28.1 Å². The molecule has 1 aromatic carbocycles. The number of nitrogens with zero attached hydrogens (tertiary/aromatic N) is 1. The quantitative estimate of drug-likeness (QED) is 0.663. The average Bonchev–Trinajstić information content (AvgIpc) is 3.06. The molecule has 0 saturated carbocycles. The zero-order valence-corrected chi connectivity index (χ0v) is 13.8. The van der Waals surface area contributed by atoms with Crippen LogP contribution in [0.25, 0.3) is 22.5 Å². The van der Waals surface area contributed by atoms with E-state index < -0.39 is 23.9 Å². The number of H-pyrrole nitrogens is 1. The first-order chi connectivity index (χ1) is 12.8. The van der Waals surface area contributed by atoms with Gasteiger partial charge in [-0.05, 0) is 30.3 Å². The number of benzene rings is 1.